The monoisotopic (exact) mass is 268 g/mol. The van der Waals surface area contributed by atoms with Gasteiger partial charge in [0.05, 0.1) is 13.3 Å². The predicted octanol–water partition coefficient (Wildman–Crippen LogP) is 2.77. The minimum absolute atomic E-state index is 0.220. The number of hydrogen-bond acceptors (Lipinski definition) is 3. The Kier molecular flexibility index (Phi) is 4.50. The summed E-state index contributed by atoms with van der Waals surface area (Å²) < 4.78 is 5.12. The molecular weight excluding hydrogens is 252 g/mol. The highest BCUT2D eigenvalue weighted by Crippen LogP contribution is 2.10. The fourth-order valence-corrected chi connectivity index (χ4v) is 1.78. The maximum Gasteiger partial charge on any atom is 0.271 e. The van der Waals surface area contributed by atoms with Crippen LogP contribution < -0.4 is 10.2 Å². The Morgan fingerprint density at radius 3 is 2.75 bits per heavy atom. The number of amides is 1. The Balaban J connectivity index is 2.03. The molecule has 4 heteroatoms. The van der Waals surface area contributed by atoms with Gasteiger partial charge >= 0.3 is 0 Å². The van der Waals surface area contributed by atoms with Crippen LogP contribution in [-0.2, 0) is 0 Å². The fourth-order valence-electron chi connectivity index (χ4n) is 1.78. The molecule has 2 aromatic carbocycles. The molecule has 0 spiro atoms. The number of nitrogens with zero attached hydrogens (tertiary/aromatic N) is 1. The molecule has 4 nitrogen and oxygen atoms in total. The summed E-state index contributed by atoms with van der Waals surface area (Å²) in [5, 5.41) is 3.95. The molecule has 0 fully saturated rings. The second-order valence-electron chi connectivity index (χ2n) is 4.29. The van der Waals surface area contributed by atoms with Gasteiger partial charge in [0.1, 0.15) is 5.75 Å². The van der Waals surface area contributed by atoms with Gasteiger partial charge in [0.25, 0.3) is 5.91 Å². The zero-order valence-corrected chi connectivity index (χ0v) is 11.5. The number of carbonyl (C=O) groups is 1. The average molecular weight is 268 g/mol. The smallest absolute Gasteiger partial charge is 0.271 e. The van der Waals surface area contributed by atoms with Crippen LogP contribution in [0.2, 0.25) is 0 Å². The fraction of sp³-hybridized carbons (Fsp3) is 0.125. The lowest BCUT2D eigenvalue weighted by molar-refractivity contribution is 0.0954. The molecule has 1 amide bonds. The van der Waals surface area contributed by atoms with Crippen LogP contribution in [0.1, 0.15) is 21.5 Å². The van der Waals surface area contributed by atoms with E-state index in [1.165, 1.54) is 0 Å². The number of methoxy groups -OCH3 is 1. The number of carbonyl (C=O) groups excluding carboxylic acids is 1. The Morgan fingerprint density at radius 1 is 1.20 bits per heavy atom. The topological polar surface area (TPSA) is 50.7 Å². The summed E-state index contributed by atoms with van der Waals surface area (Å²) in [4.78, 5) is 11.9. The van der Waals surface area contributed by atoms with Crippen molar-refractivity contribution >= 4 is 12.1 Å². The molecule has 0 aliphatic rings. The number of benzene rings is 2. The lowest BCUT2D eigenvalue weighted by atomic mass is 10.1. The highest BCUT2D eigenvalue weighted by atomic mass is 16.5. The van der Waals surface area contributed by atoms with E-state index in [1.807, 2.05) is 49.4 Å². The van der Waals surface area contributed by atoms with Gasteiger partial charge in [-0.2, -0.15) is 5.10 Å². The van der Waals surface area contributed by atoms with Crippen LogP contribution in [0.4, 0.5) is 0 Å². The Bertz CT molecular complexity index is 636. The number of rotatable bonds is 4. The van der Waals surface area contributed by atoms with Crippen LogP contribution in [0.15, 0.2) is 53.6 Å². The third-order valence-electron chi connectivity index (χ3n) is 2.86. The quantitative estimate of drug-likeness (QED) is 0.684. The molecule has 0 saturated heterocycles. The normalized spacial score (nSPS) is 10.5. The van der Waals surface area contributed by atoms with Crippen LogP contribution in [-0.4, -0.2) is 19.2 Å². The van der Waals surface area contributed by atoms with Gasteiger partial charge in [-0.15, -0.1) is 0 Å². The second kappa shape index (κ2) is 6.52. The molecule has 0 saturated carbocycles. The first-order valence-corrected chi connectivity index (χ1v) is 6.24. The molecule has 20 heavy (non-hydrogen) atoms. The molecule has 102 valence electrons. The van der Waals surface area contributed by atoms with Crippen molar-refractivity contribution in [3.63, 3.8) is 0 Å². The lowest BCUT2D eigenvalue weighted by Gasteiger charge is -2.03. The average Bonchev–Trinajstić information content (AvgIpc) is 2.48. The van der Waals surface area contributed by atoms with E-state index in [-0.39, 0.29) is 5.91 Å². The molecule has 1 N–H and O–H groups in total. The Labute approximate surface area is 118 Å². The van der Waals surface area contributed by atoms with Crippen molar-refractivity contribution in [2.75, 3.05) is 7.11 Å². The van der Waals surface area contributed by atoms with Crippen molar-refractivity contribution in [2.45, 2.75) is 6.92 Å². The largest absolute Gasteiger partial charge is 0.497 e. The summed E-state index contributed by atoms with van der Waals surface area (Å²) in [6, 6.07) is 14.8. The third-order valence-corrected chi connectivity index (χ3v) is 2.86. The van der Waals surface area contributed by atoms with E-state index in [0.29, 0.717) is 5.56 Å². The summed E-state index contributed by atoms with van der Waals surface area (Å²) in [5.74, 6) is 0.529. The van der Waals surface area contributed by atoms with E-state index in [4.69, 9.17) is 4.74 Å². The van der Waals surface area contributed by atoms with E-state index in [0.717, 1.165) is 16.9 Å². The molecule has 0 bridgehead atoms. The van der Waals surface area contributed by atoms with Crippen LogP contribution >= 0.6 is 0 Å². The number of hydrogen-bond donors (Lipinski definition) is 1. The van der Waals surface area contributed by atoms with Crippen LogP contribution in [0.5, 0.6) is 5.75 Å². The minimum atomic E-state index is -0.220. The second-order valence-corrected chi connectivity index (χ2v) is 4.29. The van der Waals surface area contributed by atoms with Gasteiger partial charge in [-0.05, 0) is 36.2 Å². The number of nitrogens with one attached hydrogen (secondary N) is 1. The Morgan fingerprint density at radius 2 is 2.00 bits per heavy atom. The zero-order valence-electron chi connectivity index (χ0n) is 11.5. The molecule has 2 rings (SSSR count). The molecule has 0 aliphatic heterocycles. The van der Waals surface area contributed by atoms with Gasteiger partial charge in [-0.1, -0.05) is 30.3 Å². The first-order valence-electron chi connectivity index (χ1n) is 6.24. The van der Waals surface area contributed by atoms with Gasteiger partial charge in [-0.25, -0.2) is 5.43 Å². The number of ether oxygens (including phenoxy) is 1. The summed E-state index contributed by atoms with van der Waals surface area (Å²) in [7, 11) is 1.61. The molecule has 0 atom stereocenters. The summed E-state index contributed by atoms with van der Waals surface area (Å²) in [6.07, 6.45) is 1.58. The number of aryl methyl sites for hydroxylation is 1. The van der Waals surface area contributed by atoms with Crippen LogP contribution in [0.3, 0.4) is 0 Å². The summed E-state index contributed by atoms with van der Waals surface area (Å²) in [5.41, 5.74) is 4.91. The van der Waals surface area contributed by atoms with Crippen LogP contribution in [0.25, 0.3) is 0 Å². The highest BCUT2D eigenvalue weighted by Gasteiger charge is 2.05. The van der Waals surface area contributed by atoms with E-state index in [2.05, 4.69) is 10.5 Å². The maximum atomic E-state index is 11.9. The van der Waals surface area contributed by atoms with Gasteiger partial charge in [0.15, 0.2) is 0 Å². The molecule has 0 unspecified atom stereocenters. The molecule has 0 aromatic heterocycles. The first-order chi connectivity index (χ1) is 9.70. The molecular formula is C16H16N2O2. The predicted molar refractivity (Wildman–Crippen MR) is 79.2 cm³/mol. The van der Waals surface area contributed by atoms with Crippen molar-refractivity contribution in [1.82, 2.24) is 5.43 Å². The van der Waals surface area contributed by atoms with Crippen molar-refractivity contribution in [1.29, 1.82) is 0 Å². The van der Waals surface area contributed by atoms with E-state index in [1.54, 1.807) is 19.4 Å². The molecule has 0 radical (unpaired) electrons. The Hall–Kier alpha value is -2.62. The van der Waals surface area contributed by atoms with Gasteiger partial charge in [0.2, 0.25) is 0 Å². The summed E-state index contributed by atoms with van der Waals surface area (Å²) >= 11 is 0. The lowest BCUT2D eigenvalue weighted by Crippen LogP contribution is -2.18. The molecule has 2 aromatic rings. The van der Waals surface area contributed by atoms with E-state index in [9.17, 15) is 4.79 Å². The first kappa shape index (κ1) is 13.8. The van der Waals surface area contributed by atoms with Crippen molar-refractivity contribution < 1.29 is 9.53 Å². The van der Waals surface area contributed by atoms with E-state index < -0.39 is 0 Å². The van der Waals surface area contributed by atoms with Crippen molar-refractivity contribution in [2.24, 2.45) is 5.10 Å². The molecule has 0 heterocycles. The van der Waals surface area contributed by atoms with Gasteiger partial charge in [-0.3, -0.25) is 4.79 Å². The minimum Gasteiger partial charge on any atom is -0.497 e. The van der Waals surface area contributed by atoms with E-state index >= 15 is 0 Å². The standard InChI is InChI=1S/C16H16N2O2/c1-12-6-3-4-9-15(12)16(19)18-17-11-13-7-5-8-14(10-13)20-2/h3-11H,1-2H3,(H,18,19). The van der Waals surface area contributed by atoms with Crippen molar-refractivity contribution in [3.05, 3.63) is 65.2 Å². The molecule has 0 aliphatic carbocycles. The van der Waals surface area contributed by atoms with Crippen LogP contribution in [0, 0.1) is 6.92 Å². The van der Waals surface area contributed by atoms with Gasteiger partial charge < -0.3 is 4.74 Å². The summed E-state index contributed by atoms with van der Waals surface area (Å²) in [6.45, 7) is 1.89. The SMILES string of the molecule is COc1cccc(C=NNC(=O)c2ccccc2C)c1. The maximum absolute atomic E-state index is 11.9. The highest BCUT2D eigenvalue weighted by molar-refractivity contribution is 5.96. The van der Waals surface area contributed by atoms with Crippen molar-refractivity contribution in [3.8, 4) is 5.75 Å². The third kappa shape index (κ3) is 3.45. The number of hydrazone groups is 1. The van der Waals surface area contributed by atoms with Gasteiger partial charge in [0, 0.05) is 5.56 Å². The zero-order chi connectivity index (χ0) is 14.4.